The van der Waals surface area contributed by atoms with Crippen molar-refractivity contribution in [3.8, 4) is 5.69 Å². The zero-order valence-electron chi connectivity index (χ0n) is 18.4. The molecule has 1 N–H and O–H groups in total. The molecule has 4 heteroatoms. The Hall–Kier alpha value is -3.04. The van der Waals surface area contributed by atoms with E-state index in [0.29, 0.717) is 0 Å². The van der Waals surface area contributed by atoms with Crippen molar-refractivity contribution in [1.29, 1.82) is 0 Å². The van der Waals surface area contributed by atoms with Crippen LogP contribution in [0.4, 0.5) is 5.82 Å². The van der Waals surface area contributed by atoms with Gasteiger partial charge in [-0.3, -0.25) is 0 Å². The van der Waals surface area contributed by atoms with Gasteiger partial charge in [0.15, 0.2) is 0 Å². The highest BCUT2D eigenvalue weighted by Gasteiger charge is 2.24. The molecule has 0 unspecified atom stereocenters. The average molecular weight is 442 g/mol. The number of benzene rings is 3. The molecule has 0 saturated carbocycles. The number of halogens is 1. The number of hydrogen-bond donors (Lipinski definition) is 1. The Morgan fingerprint density at radius 3 is 2.28 bits per heavy atom. The number of anilines is 1. The van der Waals surface area contributed by atoms with Crippen LogP contribution >= 0.6 is 11.6 Å². The smallest absolute Gasteiger partial charge is 0.133 e. The van der Waals surface area contributed by atoms with Crippen molar-refractivity contribution in [3.63, 3.8) is 0 Å². The Labute approximate surface area is 195 Å². The standard InChI is InChI=1S/C28H28ClN3/c1-20-15-16-23(18-26(20)29)32-28-24(14-8-9-17-30-28)27(31-32)19-25(21-10-4-2-5-11-21)22-12-6-3-7-13-22/h2-7,10-13,15-16,18,25,30H,8-9,14,17,19H2,1H3. The van der Waals surface area contributed by atoms with E-state index in [1.165, 1.54) is 35.2 Å². The summed E-state index contributed by atoms with van der Waals surface area (Å²) in [5.74, 6) is 1.38. The van der Waals surface area contributed by atoms with Crippen LogP contribution in [0.2, 0.25) is 5.02 Å². The third-order valence-corrected chi connectivity index (χ3v) is 6.82. The highest BCUT2D eigenvalue weighted by atomic mass is 35.5. The lowest BCUT2D eigenvalue weighted by Crippen LogP contribution is -2.08. The van der Waals surface area contributed by atoms with E-state index in [1.54, 1.807) is 0 Å². The van der Waals surface area contributed by atoms with Crippen LogP contribution in [0, 0.1) is 6.92 Å². The maximum Gasteiger partial charge on any atom is 0.133 e. The van der Waals surface area contributed by atoms with E-state index in [1.807, 2.05) is 13.0 Å². The van der Waals surface area contributed by atoms with Crippen molar-refractivity contribution in [2.45, 2.75) is 38.5 Å². The zero-order valence-corrected chi connectivity index (χ0v) is 19.1. The molecule has 5 rings (SSSR count). The van der Waals surface area contributed by atoms with Gasteiger partial charge >= 0.3 is 0 Å². The largest absolute Gasteiger partial charge is 0.370 e. The molecule has 3 nitrogen and oxygen atoms in total. The Bertz CT molecular complexity index is 1160. The average Bonchev–Trinajstić information content (AvgIpc) is 2.99. The fourth-order valence-corrected chi connectivity index (χ4v) is 4.80. The van der Waals surface area contributed by atoms with Crippen molar-refractivity contribution in [1.82, 2.24) is 9.78 Å². The van der Waals surface area contributed by atoms with Gasteiger partial charge in [0.1, 0.15) is 5.82 Å². The summed E-state index contributed by atoms with van der Waals surface area (Å²) in [5.41, 5.74) is 7.24. The molecule has 0 bridgehead atoms. The number of aromatic nitrogens is 2. The van der Waals surface area contributed by atoms with E-state index in [2.05, 4.69) is 82.8 Å². The van der Waals surface area contributed by atoms with Crippen molar-refractivity contribution in [3.05, 3.63) is 112 Å². The summed E-state index contributed by atoms with van der Waals surface area (Å²) in [4.78, 5) is 0. The van der Waals surface area contributed by atoms with Gasteiger partial charge in [-0.25, -0.2) is 4.68 Å². The molecule has 0 spiro atoms. The van der Waals surface area contributed by atoms with E-state index < -0.39 is 0 Å². The molecule has 0 atom stereocenters. The lowest BCUT2D eigenvalue weighted by Gasteiger charge is -2.18. The topological polar surface area (TPSA) is 29.9 Å². The summed E-state index contributed by atoms with van der Waals surface area (Å²) in [7, 11) is 0. The summed E-state index contributed by atoms with van der Waals surface area (Å²) in [6.45, 7) is 3.00. The molecule has 162 valence electrons. The third-order valence-electron chi connectivity index (χ3n) is 6.41. The van der Waals surface area contributed by atoms with Gasteiger partial charge in [0.25, 0.3) is 0 Å². The highest BCUT2D eigenvalue weighted by Crippen LogP contribution is 2.34. The number of nitrogens with zero attached hydrogens (tertiary/aromatic N) is 2. The molecular formula is C28H28ClN3. The second-order valence-corrected chi connectivity index (χ2v) is 8.99. The number of nitrogens with one attached hydrogen (secondary N) is 1. The molecule has 0 saturated heterocycles. The van der Waals surface area contributed by atoms with Gasteiger partial charge in [-0.05, 0) is 55.0 Å². The molecule has 3 aromatic carbocycles. The predicted octanol–water partition coefficient (Wildman–Crippen LogP) is 6.96. The molecular weight excluding hydrogens is 414 g/mol. The van der Waals surface area contributed by atoms with Crippen molar-refractivity contribution in [2.24, 2.45) is 0 Å². The van der Waals surface area contributed by atoms with E-state index in [9.17, 15) is 0 Å². The number of fused-ring (bicyclic) bond motifs is 1. The van der Waals surface area contributed by atoms with E-state index in [-0.39, 0.29) is 5.92 Å². The van der Waals surface area contributed by atoms with Crippen LogP contribution in [0.15, 0.2) is 78.9 Å². The van der Waals surface area contributed by atoms with Gasteiger partial charge in [0.05, 0.1) is 11.4 Å². The van der Waals surface area contributed by atoms with Gasteiger partial charge in [-0.15, -0.1) is 0 Å². The Morgan fingerprint density at radius 2 is 1.62 bits per heavy atom. The number of hydrogen-bond acceptors (Lipinski definition) is 2. The van der Waals surface area contributed by atoms with Crippen molar-refractivity contribution in [2.75, 3.05) is 11.9 Å². The van der Waals surface area contributed by atoms with Gasteiger partial charge in [0, 0.05) is 29.5 Å². The van der Waals surface area contributed by atoms with E-state index >= 15 is 0 Å². The molecule has 0 amide bonds. The molecule has 1 aliphatic rings. The minimum absolute atomic E-state index is 0.259. The van der Waals surface area contributed by atoms with Crippen LogP contribution in [0.25, 0.3) is 5.69 Å². The maximum absolute atomic E-state index is 6.47. The van der Waals surface area contributed by atoms with Crippen LogP contribution in [0.5, 0.6) is 0 Å². The van der Waals surface area contributed by atoms with Gasteiger partial charge in [-0.2, -0.15) is 5.10 Å². The first-order chi connectivity index (χ1) is 15.7. The normalized spacial score (nSPS) is 13.5. The van der Waals surface area contributed by atoms with Gasteiger partial charge < -0.3 is 5.32 Å². The SMILES string of the molecule is Cc1ccc(-n2nc(CC(c3ccccc3)c3ccccc3)c3c2NCCCC3)cc1Cl. The second kappa shape index (κ2) is 9.22. The molecule has 2 heterocycles. The summed E-state index contributed by atoms with van der Waals surface area (Å²) >= 11 is 6.47. The number of aryl methyl sites for hydroxylation is 1. The molecule has 4 aromatic rings. The molecule has 1 aliphatic heterocycles. The van der Waals surface area contributed by atoms with Gasteiger partial charge in [0.2, 0.25) is 0 Å². The monoisotopic (exact) mass is 441 g/mol. The number of rotatable bonds is 5. The first-order valence-electron chi connectivity index (χ1n) is 11.4. The Morgan fingerprint density at radius 1 is 0.938 bits per heavy atom. The minimum Gasteiger partial charge on any atom is -0.370 e. The Balaban J connectivity index is 1.60. The third kappa shape index (κ3) is 4.18. The maximum atomic E-state index is 6.47. The van der Waals surface area contributed by atoms with Crippen LogP contribution in [-0.4, -0.2) is 16.3 Å². The van der Waals surface area contributed by atoms with Crippen molar-refractivity contribution < 1.29 is 0 Å². The summed E-state index contributed by atoms with van der Waals surface area (Å²) < 4.78 is 2.06. The molecule has 0 radical (unpaired) electrons. The molecule has 1 aromatic heterocycles. The van der Waals surface area contributed by atoms with Gasteiger partial charge in [-0.1, -0.05) is 78.3 Å². The van der Waals surface area contributed by atoms with Crippen LogP contribution in [0.1, 0.15) is 46.7 Å². The molecule has 32 heavy (non-hydrogen) atoms. The van der Waals surface area contributed by atoms with E-state index in [4.69, 9.17) is 16.7 Å². The van der Waals surface area contributed by atoms with E-state index in [0.717, 1.165) is 41.5 Å². The Kier molecular flexibility index (Phi) is 6.00. The van der Waals surface area contributed by atoms with Crippen LogP contribution in [-0.2, 0) is 12.8 Å². The first-order valence-corrected chi connectivity index (χ1v) is 11.8. The molecule has 0 aliphatic carbocycles. The lowest BCUT2D eigenvalue weighted by molar-refractivity contribution is 0.727. The summed E-state index contributed by atoms with van der Waals surface area (Å²) in [5, 5.41) is 9.59. The van der Waals surface area contributed by atoms with Crippen LogP contribution < -0.4 is 5.32 Å². The summed E-state index contributed by atoms with van der Waals surface area (Å²) in [6, 6.07) is 27.8. The lowest BCUT2D eigenvalue weighted by atomic mass is 9.86. The fraction of sp³-hybridized carbons (Fsp3) is 0.250. The predicted molar refractivity (Wildman–Crippen MR) is 133 cm³/mol. The van der Waals surface area contributed by atoms with Crippen LogP contribution in [0.3, 0.4) is 0 Å². The minimum atomic E-state index is 0.259. The highest BCUT2D eigenvalue weighted by molar-refractivity contribution is 6.31. The first kappa shape index (κ1) is 20.8. The molecule has 0 fully saturated rings. The zero-order chi connectivity index (χ0) is 21.9. The fourth-order valence-electron chi connectivity index (χ4n) is 4.63. The quantitative estimate of drug-likeness (QED) is 0.363. The van der Waals surface area contributed by atoms with Crippen molar-refractivity contribution >= 4 is 17.4 Å². The second-order valence-electron chi connectivity index (χ2n) is 8.58. The summed E-state index contributed by atoms with van der Waals surface area (Å²) in [6.07, 6.45) is 4.26.